The third-order valence-corrected chi connectivity index (χ3v) is 6.71. The molecule has 7 nitrogen and oxygen atoms in total. The summed E-state index contributed by atoms with van der Waals surface area (Å²) in [5.41, 5.74) is 3.82. The Labute approximate surface area is 200 Å². The van der Waals surface area contributed by atoms with Crippen LogP contribution in [-0.4, -0.2) is 28.2 Å². The molecule has 168 valence electrons. The van der Waals surface area contributed by atoms with Crippen molar-refractivity contribution in [1.29, 1.82) is 0 Å². The maximum Gasteiger partial charge on any atom is 0.319 e. The lowest BCUT2D eigenvalue weighted by Gasteiger charge is -2.23. The van der Waals surface area contributed by atoms with Crippen LogP contribution in [0.1, 0.15) is 31.4 Å². The second kappa shape index (κ2) is 10.7. The van der Waals surface area contributed by atoms with Gasteiger partial charge in [0.05, 0.1) is 0 Å². The van der Waals surface area contributed by atoms with Crippen molar-refractivity contribution in [2.45, 2.75) is 40.2 Å². The number of hydrogen-bond donors (Lipinski definition) is 3. The Kier molecular flexibility index (Phi) is 7.98. The van der Waals surface area contributed by atoms with E-state index in [1.165, 1.54) is 11.3 Å². The average Bonchev–Trinajstić information content (AvgIpc) is 3.23. The van der Waals surface area contributed by atoms with Crippen molar-refractivity contribution >= 4 is 50.0 Å². The van der Waals surface area contributed by atoms with Gasteiger partial charge in [-0.1, -0.05) is 65.7 Å². The van der Waals surface area contributed by atoms with E-state index in [1.54, 1.807) is 0 Å². The molecule has 1 aromatic heterocycles. The predicted molar refractivity (Wildman–Crippen MR) is 133 cm³/mol. The number of amides is 3. The van der Waals surface area contributed by atoms with Crippen LogP contribution in [0.15, 0.2) is 46.9 Å². The van der Waals surface area contributed by atoms with Crippen molar-refractivity contribution in [2.24, 2.45) is 5.92 Å². The number of nitrogens with zero attached hydrogens (tertiary/aromatic N) is 2. The Morgan fingerprint density at radius 3 is 2.41 bits per heavy atom. The summed E-state index contributed by atoms with van der Waals surface area (Å²) in [5, 5.41) is 17.7. The van der Waals surface area contributed by atoms with Gasteiger partial charge in [0, 0.05) is 15.7 Å². The molecule has 32 heavy (non-hydrogen) atoms. The van der Waals surface area contributed by atoms with Gasteiger partial charge in [0.1, 0.15) is 11.0 Å². The third kappa shape index (κ3) is 6.14. The molecule has 0 bridgehead atoms. The highest BCUT2D eigenvalue weighted by Crippen LogP contribution is 2.27. The van der Waals surface area contributed by atoms with Crippen LogP contribution in [0, 0.1) is 19.8 Å². The van der Waals surface area contributed by atoms with Gasteiger partial charge in [-0.2, -0.15) is 0 Å². The number of nitrogens with one attached hydrogen (secondary N) is 3. The summed E-state index contributed by atoms with van der Waals surface area (Å²) in [6, 6.07) is 12.2. The zero-order chi connectivity index (χ0) is 23.3. The van der Waals surface area contributed by atoms with E-state index in [0.29, 0.717) is 15.8 Å². The van der Waals surface area contributed by atoms with Crippen LogP contribution in [-0.2, 0) is 4.79 Å². The van der Waals surface area contributed by atoms with Crippen LogP contribution in [0.5, 0.6) is 0 Å². The normalized spacial score (nSPS) is 12.7. The maximum atomic E-state index is 13.0. The van der Waals surface area contributed by atoms with Gasteiger partial charge in [-0.05, 0) is 55.2 Å². The minimum Gasteiger partial charge on any atom is -0.326 e. The lowest BCUT2D eigenvalue weighted by molar-refractivity contribution is -0.119. The molecule has 0 saturated carbocycles. The molecular weight excluding hydrogens is 490 g/mol. The number of urea groups is 1. The predicted octanol–water partition coefficient (Wildman–Crippen LogP) is 5.76. The van der Waals surface area contributed by atoms with Crippen molar-refractivity contribution in [3.05, 3.63) is 58.1 Å². The molecule has 0 aliphatic carbocycles. The Morgan fingerprint density at radius 1 is 1.03 bits per heavy atom. The molecule has 0 aliphatic heterocycles. The summed E-state index contributed by atoms with van der Waals surface area (Å²) < 4.78 is 0.973. The summed E-state index contributed by atoms with van der Waals surface area (Å²) in [5.74, 6) is -0.396. The topological polar surface area (TPSA) is 96.0 Å². The first kappa shape index (κ1) is 23.9. The molecule has 3 N–H and O–H groups in total. The van der Waals surface area contributed by atoms with Crippen LogP contribution in [0.3, 0.4) is 0 Å². The summed E-state index contributed by atoms with van der Waals surface area (Å²) in [4.78, 5) is 25.6. The second-order valence-electron chi connectivity index (χ2n) is 7.67. The van der Waals surface area contributed by atoms with Crippen LogP contribution < -0.4 is 16.0 Å². The Hall–Kier alpha value is -2.78. The number of benzene rings is 2. The molecular formula is C23H26BrN5O2S. The van der Waals surface area contributed by atoms with Gasteiger partial charge in [0.25, 0.3) is 0 Å². The third-order valence-electron chi connectivity index (χ3n) is 5.29. The van der Waals surface area contributed by atoms with Crippen molar-refractivity contribution in [2.75, 3.05) is 10.6 Å². The first-order valence-electron chi connectivity index (χ1n) is 10.3. The van der Waals surface area contributed by atoms with Crippen molar-refractivity contribution in [3.8, 4) is 10.6 Å². The van der Waals surface area contributed by atoms with Gasteiger partial charge >= 0.3 is 6.03 Å². The highest BCUT2D eigenvalue weighted by Gasteiger charge is 2.27. The van der Waals surface area contributed by atoms with Crippen LogP contribution in [0.25, 0.3) is 10.6 Å². The molecule has 9 heteroatoms. The Bertz CT molecular complexity index is 1100. The number of anilines is 2. The zero-order valence-electron chi connectivity index (χ0n) is 18.4. The molecule has 1 heterocycles. The number of aromatic nitrogens is 2. The summed E-state index contributed by atoms with van der Waals surface area (Å²) >= 11 is 4.69. The smallest absolute Gasteiger partial charge is 0.319 e. The van der Waals surface area contributed by atoms with Gasteiger partial charge in [-0.25, -0.2) is 4.79 Å². The molecule has 0 aliphatic rings. The number of rotatable bonds is 7. The number of hydrogen-bond acceptors (Lipinski definition) is 5. The van der Waals surface area contributed by atoms with Crippen molar-refractivity contribution < 1.29 is 9.59 Å². The van der Waals surface area contributed by atoms with Gasteiger partial charge in [0.15, 0.2) is 0 Å². The molecule has 3 rings (SSSR count). The first-order chi connectivity index (χ1) is 15.3. The van der Waals surface area contributed by atoms with E-state index in [0.717, 1.165) is 27.6 Å². The van der Waals surface area contributed by atoms with E-state index < -0.39 is 12.1 Å². The lowest BCUT2D eigenvalue weighted by atomic mass is 9.98. The van der Waals surface area contributed by atoms with Crippen LogP contribution in [0.2, 0.25) is 0 Å². The fourth-order valence-electron chi connectivity index (χ4n) is 3.00. The number of halogens is 1. The van der Waals surface area contributed by atoms with E-state index in [9.17, 15) is 9.59 Å². The fraction of sp³-hybridized carbons (Fsp3) is 0.304. The van der Waals surface area contributed by atoms with Crippen LogP contribution >= 0.6 is 27.3 Å². The van der Waals surface area contributed by atoms with E-state index in [4.69, 9.17) is 0 Å². The van der Waals surface area contributed by atoms with Gasteiger partial charge in [-0.3, -0.25) is 10.1 Å². The van der Waals surface area contributed by atoms with Crippen molar-refractivity contribution in [1.82, 2.24) is 15.5 Å². The van der Waals surface area contributed by atoms with E-state index in [-0.39, 0.29) is 11.8 Å². The number of aryl methyl sites for hydroxylation is 2. The minimum atomic E-state index is -0.716. The second-order valence-corrected chi connectivity index (χ2v) is 9.56. The zero-order valence-corrected chi connectivity index (χ0v) is 20.8. The number of carbonyl (C=O) groups excluding carboxylic acids is 2. The molecule has 2 atom stereocenters. The lowest BCUT2D eigenvalue weighted by Crippen LogP contribution is -2.49. The van der Waals surface area contributed by atoms with E-state index >= 15 is 0 Å². The standard InChI is InChI=1S/C23H26BrN5O2S/c1-5-13(2)19(26-22(31)25-18-11-6-14(3)15(4)12-18)20(30)27-23-29-28-21(32-23)16-7-9-17(24)10-8-16/h6-13,19H,5H2,1-4H3,(H2,25,26,31)(H,27,29,30)/t13-,19-/m1/s1. The maximum absolute atomic E-state index is 13.0. The first-order valence-corrected chi connectivity index (χ1v) is 11.9. The summed E-state index contributed by atoms with van der Waals surface area (Å²) in [6.45, 7) is 7.90. The highest BCUT2D eigenvalue weighted by atomic mass is 79.9. The van der Waals surface area contributed by atoms with Crippen LogP contribution in [0.4, 0.5) is 15.6 Å². The quantitative estimate of drug-likeness (QED) is 0.372. The van der Waals surface area contributed by atoms with Gasteiger partial charge in [-0.15, -0.1) is 10.2 Å². The van der Waals surface area contributed by atoms with E-state index in [2.05, 4.69) is 42.1 Å². The Morgan fingerprint density at radius 2 is 1.75 bits per heavy atom. The minimum absolute atomic E-state index is 0.0700. The van der Waals surface area contributed by atoms with Gasteiger partial charge in [0.2, 0.25) is 11.0 Å². The SMILES string of the molecule is CC[C@@H](C)[C@@H](NC(=O)Nc1ccc(C)c(C)c1)C(=O)Nc1nnc(-c2ccc(Br)cc2)s1. The molecule has 3 amide bonds. The molecule has 0 unspecified atom stereocenters. The molecule has 3 aromatic rings. The molecule has 0 spiro atoms. The molecule has 0 saturated heterocycles. The summed E-state index contributed by atoms with van der Waals surface area (Å²) in [7, 11) is 0. The monoisotopic (exact) mass is 515 g/mol. The van der Waals surface area contributed by atoms with Gasteiger partial charge < -0.3 is 10.6 Å². The van der Waals surface area contributed by atoms with Crippen molar-refractivity contribution in [3.63, 3.8) is 0 Å². The summed E-state index contributed by atoms with van der Waals surface area (Å²) in [6.07, 6.45) is 0.724. The largest absolute Gasteiger partial charge is 0.326 e. The average molecular weight is 516 g/mol. The Balaban J connectivity index is 1.67. The molecule has 0 fully saturated rings. The fourth-order valence-corrected chi connectivity index (χ4v) is 4.01. The van der Waals surface area contributed by atoms with E-state index in [1.807, 2.05) is 70.2 Å². The number of carbonyl (C=O) groups is 2. The molecule has 0 radical (unpaired) electrons. The highest BCUT2D eigenvalue weighted by molar-refractivity contribution is 9.10. The molecule has 2 aromatic carbocycles.